The fourth-order valence-corrected chi connectivity index (χ4v) is 1.44. The Morgan fingerprint density at radius 3 is 3.00 bits per heavy atom. The third-order valence-corrected chi connectivity index (χ3v) is 2.37. The SMILES string of the molecule is CCCCN(C)Cc1cc(C(=O)NN)co1. The van der Waals surface area contributed by atoms with Gasteiger partial charge in [-0.3, -0.25) is 15.1 Å². The standard InChI is InChI=1S/C11H19N3O2/c1-3-4-5-14(2)7-10-6-9(8-16-10)11(15)13-12/h6,8H,3-5,7,12H2,1-2H3,(H,13,15). The summed E-state index contributed by atoms with van der Waals surface area (Å²) in [6.45, 7) is 3.89. The van der Waals surface area contributed by atoms with Crippen molar-refractivity contribution in [3.63, 3.8) is 0 Å². The summed E-state index contributed by atoms with van der Waals surface area (Å²) in [4.78, 5) is 13.3. The lowest BCUT2D eigenvalue weighted by Crippen LogP contribution is -2.29. The second-order valence-corrected chi connectivity index (χ2v) is 3.87. The zero-order valence-electron chi connectivity index (χ0n) is 9.82. The van der Waals surface area contributed by atoms with Crippen molar-refractivity contribution in [3.8, 4) is 0 Å². The zero-order valence-corrected chi connectivity index (χ0v) is 9.82. The van der Waals surface area contributed by atoms with Crippen LogP contribution in [0.2, 0.25) is 0 Å². The van der Waals surface area contributed by atoms with Crippen LogP contribution < -0.4 is 11.3 Å². The minimum Gasteiger partial charge on any atom is -0.467 e. The summed E-state index contributed by atoms with van der Waals surface area (Å²) in [5, 5.41) is 0. The van der Waals surface area contributed by atoms with Gasteiger partial charge in [0.2, 0.25) is 0 Å². The number of nitrogens with two attached hydrogens (primary N) is 1. The molecular formula is C11H19N3O2. The number of hydrazine groups is 1. The lowest BCUT2D eigenvalue weighted by molar-refractivity contribution is 0.0953. The van der Waals surface area contributed by atoms with Crippen molar-refractivity contribution in [1.29, 1.82) is 0 Å². The second-order valence-electron chi connectivity index (χ2n) is 3.87. The van der Waals surface area contributed by atoms with Crippen LogP contribution in [0.5, 0.6) is 0 Å². The molecule has 1 rings (SSSR count). The molecule has 1 aromatic rings. The second kappa shape index (κ2) is 6.30. The van der Waals surface area contributed by atoms with Crippen LogP contribution in [0.15, 0.2) is 16.7 Å². The van der Waals surface area contributed by atoms with Crippen LogP contribution in [0, 0.1) is 0 Å². The average Bonchev–Trinajstić information content (AvgIpc) is 2.73. The number of furan rings is 1. The van der Waals surface area contributed by atoms with Gasteiger partial charge in [0.25, 0.3) is 5.91 Å². The van der Waals surface area contributed by atoms with Gasteiger partial charge in [0.05, 0.1) is 12.1 Å². The van der Waals surface area contributed by atoms with Crippen LogP contribution in [0.25, 0.3) is 0 Å². The Morgan fingerprint density at radius 1 is 1.62 bits per heavy atom. The Morgan fingerprint density at radius 2 is 2.38 bits per heavy atom. The highest BCUT2D eigenvalue weighted by Crippen LogP contribution is 2.10. The summed E-state index contributed by atoms with van der Waals surface area (Å²) in [7, 11) is 2.03. The van der Waals surface area contributed by atoms with Crippen molar-refractivity contribution in [2.45, 2.75) is 26.3 Å². The molecule has 0 bridgehead atoms. The number of carbonyl (C=O) groups is 1. The van der Waals surface area contributed by atoms with E-state index < -0.39 is 0 Å². The molecule has 0 radical (unpaired) electrons. The van der Waals surface area contributed by atoms with E-state index in [1.54, 1.807) is 6.07 Å². The van der Waals surface area contributed by atoms with Gasteiger partial charge in [0, 0.05) is 0 Å². The maximum atomic E-state index is 11.2. The normalized spacial score (nSPS) is 10.8. The minimum absolute atomic E-state index is 0.328. The molecule has 5 nitrogen and oxygen atoms in total. The summed E-state index contributed by atoms with van der Waals surface area (Å²) >= 11 is 0. The summed E-state index contributed by atoms with van der Waals surface area (Å²) < 4.78 is 5.28. The number of nitrogens with zero attached hydrogens (tertiary/aromatic N) is 1. The van der Waals surface area contributed by atoms with Crippen LogP contribution in [-0.2, 0) is 6.54 Å². The van der Waals surface area contributed by atoms with Crippen LogP contribution in [-0.4, -0.2) is 24.4 Å². The molecule has 1 heterocycles. The number of carbonyl (C=O) groups excluding carboxylic acids is 1. The monoisotopic (exact) mass is 225 g/mol. The Bertz CT molecular complexity index is 336. The number of hydrogen-bond donors (Lipinski definition) is 2. The van der Waals surface area contributed by atoms with Crippen molar-refractivity contribution < 1.29 is 9.21 Å². The molecule has 0 unspecified atom stereocenters. The Kier molecular flexibility index (Phi) is 5.01. The summed E-state index contributed by atoms with van der Waals surface area (Å²) in [5.41, 5.74) is 2.53. The van der Waals surface area contributed by atoms with Gasteiger partial charge in [-0.15, -0.1) is 0 Å². The number of nitrogen functional groups attached to an aromatic ring is 1. The molecule has 0 aliphatic rings. The first-order valence-electron chi connectivity index (χ1n) is 5.44. The number of unbranched alkanes of at least 4 members (excludes halogenated alkanes) is 1. The van der Waals surface area contributed by atoms with Crippen molar-refractivity contribution in [2.75, 3.05) is 13.6 Å². The fraction of sp³-hybridized carbons (Fsp3) is 0.545. The molecule has 1 aromatic heterocycles. The third kappa shape index (κ3) is 3.67. The molecule has 3 N–H and O–H groups in total. The van der Waals surface area contributed by atoms with E-state index in [4.69, 9.17) is 10.3 Å². The summed E-state index contributed by atoms with van der Waals surface area (Å²) in [5.74, 6) is 5.48. The first-order chi connectivity index (χ1) is 7.67. The molecule has 0 saturated heterocycles. The predicted molar refractivity (Wildman–Crippen MR) is 61.6 cm³/mol. The van der Waals surface area contributed by atoms with E-state index in [1.807, 2.05) is 7.05 Å². The van der Waals surface area contributed by atoms with Gasteiger partial charge in [-0.1, -0.05) is 13.3 Å². The van der Waals surface area contributed by atoms with Gasteiger partial charge in [0.1, 0.15) is 12.0 Å². The molecular weight excluding hydrogens is 206 g/mol. The number of nitrogens with one attached hydrogen (secondary N) is 1. The zero-order chi connectivity index (χ0) is 12.0. The Labute approximate surface area is 95.6 Å². The molecule has 0 aliphatic heterocycles. The van der Waals surface area contributed by atoms with E-state index in [0.717, 1.165) is 18.7 Å². The molecule has 0 aliphatic carbocycles. The molecule has 1 amide bonds. The number of hydrogen-bond acceptors (Lipinski definition) is 4. The average molecular weight is 225 g/mol. The summed E-state index contributed by atoms with van der Waals surface area (Å²) in [6.07, 6.45) is 3.75. The Balaban J connectivity index is 2.48. The highest BCUT2D eigenvalue weighted by atomic mass is 16.3. The van der Waals surface area contributed by atoms with Crippen LogP contribution in [0.3, 0.4) is 0 Å². The predicted octanol–water partition coefficient (Wildman–Crippen LogP) is 1.11. The molecule has 5 heteroatoms. The smallest absolute Gasteiger partial charge is 0.268 e. The lowest BCUT2D eigenvalue weighted by atomic mass is 10.3. The van der Waals surface area contributed by atoms with Gasteiger partial charge in [0.15, 0.2) is 0 Å². The number of rotatable bonds is 6. The first kappa shape index (κ1) is 12.7. The third-order valence-electron chi connectivity index (χ3n) is 2.37. The van der Waals surface area contributed by atoms with E-state index in [2.05, 4.69) is 17.2 Å². The molecule has 0 saturated carbocycles. The van der Waals surface area contributed by atoms with Crippen LogP contribution >= 0.6 is 0 Å². The van der Waals surface area contributed by atoms with Crippen molar-refractivity contribution >= 4 is 5.91 Å². The fourth-order valence-electron chi connectivity index (χ4n) is 1.44. The van der Waals surface area contributed by atoms with E-state index in [-0.39, 0.29) is 5.91 Å². The van der Waals surface area contributed by atoms with Gasteiger partial charge < -0.3 is 4.42 Å². The van der Waals surface area contributed by atoms with E-state index >= 15 is 0 Å². The van der Waals surface area contributed by atoms with Gasteiger partial charge in [-0.05, 0) is 26.1 Å². The molecule has 0 fully saturated rings. The topological polar surface area (TPSA) is 71.5 Å². The maximum Gasteiger partial charge on any atom is 0.268 e. The first-order valence-corrected chi connectivity index (χ1v) is 5.44. The van der Waals surface area contributed by atoms with Crippen LogP contribution in [0.1, 0.15) is 35.9 Å². The van der Waals surface area contributed by atoms with E-state index in [1.165, 1.54) is 12.7 Å². The van der Waals surface area contributed by atoms with Gasteiger partial charge in [-0.2, -0.15) is 0 Å². The Hall–Kier alpha value is -1.33. The molecule has 0 aromatic carbocycles. The van der Waals surface area contributed by atoms with Crippen molar-refractivity contribution in [2.24, 2.45) is 5.84 Å². The van der Waals surface area contributed by atoms with Gasteiger partial charge in [-0.25, -0.2) is 5.84 Å². The highest BCUT2D eigenvalue weighted by molar-refractivity contribution is 5.93. The number of amides is 1. The van der Waals surface area contributed by atoms with Crippen LogP contribution in [0.4, 0.5) is 0 Å². The van der Waals surface area contributed by atoms with Gasteiger partial charge >= 0.3 is 0 Å². The molecule has 90 valence electrons. The molecule has 16 heavy (non-hydrogen) atoms. The quantitative estimate of drug-likeness (QED) is 0.432. The van der Waals surface area contributed by atoms with Crippen molar-refractivity contribution in [1.82, 2.24) is 10.3 Å². The molecule has 0 atom stereocenters. The summed E-state index contributed by atoms with van der Waals surface area (Å²) in [6, 6.07) is 1.71. The minimum atomic E-state index is -0.328. The largest absolute Gasteiger partial charge is 0.467 e. The van der Waals surface area contributed by atoms with Crippen molar-refractivity contribution in [3.05, 3.63) is 23.7 Å². The highest BCUT2D eigenvalue weighted by Gasteiger charge is 2.09. The maximum absolute atomic E-state index is 11.2. The van der Waals surface area contributed by atoms with E-state index in [0.29, 0.717) is 12.1 Å². The lowest BCUT2D eigenvalue weighted by Gasteiger charge is -2.13. The molecule has 0 spiro atoms. The van der Waals surface area contributed by atoms with E-state index in [9.17, 15) is 4.79 Å².